The van der Waals surface area contributed by atoms with Gasteiger partial charge in [0.15, 0.2) is 11.5 Å². The molecule has 7 heteroatoms. The van der Waals surface area contributed by atoms with E-state index >= 15 is 0 Å². The Labute approximate surface area is 160 Å². The molecule has 5 nitrogen and oxygen atoms in total. The predicted molar refractivity (Wildman–Crippen MR) is 100 cm³/mol. The number of carbonyl (C=O) groups is 1. The summed E-state index contributed by atoms with van der Waals surface area (Å²) in [6.07, 6.45) is 0. The lowest BCUT2D eigenvalue weighted by molar-refractivity contribution is -0.139. The van der Waals surface area contributed by atoms with Gasteiger partial charge in [-0.25, -0.2) is 0 Å². The quantitative estimate of drug-likeness (QED) is 0.658. The number of carboxylic acid groups (broad SMARTS) is 1. The van der Waals surface area contributed by atoms with E-state index in [2.05, 4.69) is 21.2 Å². The van der Waals surface area contributed by atoms with Gasteiger partial charge in [-0.05, 0) is 36.8 Å². The second kappa shape index (κ2) is 9.08. The fraction of sp³-hybridized carbons (Fsp3) is 0.278. The van der Waals surface area contributed by atoms with Crippen LogP contribution in [0.5, 0.6) is 11.5 Å². The first-order valence-corrected chi connectivity index (χ1v) is 8.78. The number of rotatable bonds is 8. The number of hydrogen-bond donors (Lipinski definition) is 2. The van der Waals surface area contributed by atoms with Crippen LogP contribution < -0.4 is 14.8 Å². The Bertz CT molecular complexity index is 754. The van der Waals surface area contributed by atoms with Crippen LogP contribution in [0, 0.1) is 0 Å². The molecule has 0 aromatic heterocycles. The van der Waals surface area contributed by atoms with Crippen molar-refractivity contribution >= 4 is 33.5 Å². The SMILES string of the molecule is COc1ccc(Br)c(CNC(C)C(=O)O)c1OCc1cccc(Cl)c1. The molecule has 1 unspecified atom stereocenters. The smallest absolute Gasteiger partial charge is 0.320 e. The van der Waals surface area contributed by atoms with Gasteiger partial charge in [0.2, 0.25) is 0 Å². The predicted octanol–water partition coefficient (Wildman–Crippen LogP) is 4.25. The molecule has 0 saturated heterocycles. The highest BCUT2D eigenvalue weighted by Gasteiger charge is 2.17. The standard InChI is InChI=1S/C18H19BrClNO4/c1-11(18(22)23)21-9-14-15(19)6-7-16(24-2)17(14)25-10-12-4-3-5-13(20)8-12/h3-8,11,21H,9-10H2,1-2H3,(H,22,23). The van der Waals surface area contributed by atoms with E-state index in [-0.39, 0.29) is 0 Å². The number of benzene rings is 2. The molecule has 0 fully saturated rings. The van der Waals surface area contributed by atoms with Crippen LogP contribution in [0.4, 0.5) is 0 Å². The third-order valence-corrected chi connectivity index (χ3v) is 4.59. The van der Waals surface area contributed by atoms with Crippen molar-refractivity contribution in [2.75, 3.05) is 7.11 Å². The van der Waals surface area contributed by atoms with Gasteiger partial charge in [0.05, 0.1) is 7.11 Å². The maximum absolute atomic E-state index is 11.0. The molecule has 2 rings (SSSR count). The summed E-state index contributed by atoms with van der Waals surface area (Å²) in [6, 6.07) is 10.4. The van der Waals surface area contributed by atoms with Crippen LogP contribution >= 0.6 is 27.5 Å². The van der Waals surface area contributed by atoms with Crippen LogP contribution in [0.1, 0.15) is 18.1 Å². The highest BCUT2D eigenvalue weighted by Crippen LogP contribution is 2.37. The molecule has 0 bridgehead atoms. The summed E-state index contributed by atoms with van der Waals surface area (Å²) in [5, 5.41) is 12.6. The van der Waals surface area contributed by atoms with Crippen molar-refractivity contribution in [2.45, 2.75) is 26.1 Å². The van der Waals surface area contributed by atoms with Gasteiger partial charge in [0.25, 0.3) is 0 Å². The van der Waals surface area contributed by atoms with Crippen LogP contribution in [-0.2, 0) is 17.9 Å². The zero-order chi connectivity index (χ0) is 18.4. The number of nitrogens with one attached hydrogen (secondary N) is 1. The zero-order valence-electron chi connectivity index (χ0n) is 13.9. The second-order valence-corrected chi connectivity index (χ2v) is 6.71. The average molecular weight is 429 g/mol. The third-order valence-electron chi connectivity index (χ3n) is 3.61. The molecule has 2 N–H and O–H groups in total. The van der Waals surface area contributed by atoms with Crippen LogP contribution in [0.2, 0.25) is 5.02 Å². The zero-order valence-corrected chi connectivity index (χ0v) is 16.2. The normalized spacial score (nSPS) is 11.8. The summed E-state index contributed by atoms with van der Waals surface area (Å²) in [4.78, 5) is 11.0. The van der Waals surface area contributed by atoms with Gasteiger partial charge in [0.1, 0.15) is 12.6 Å². The largest absolute Gasteiger partial charge is 0.493 e. The summed E-state index contributed by atoms with van der Waals surface area (Å²) in [6.45, 7) is 2.22. The molecule has 134 valence electrons. The summed E-state index contributed by atoms with van der Waals surface area (Å²) in [5.74, 6) is 0.215. The molecule has 0 spiro atoms. The summed E-state index contributed by atoms with van der Waals surface area (Å²) in [5.41, 5.74) is 1.71. The van der Waals surface area contributed by atoms with Crippen molar-refractivity contribution in [1.82, 2.24) is 5.32 Å². The van der Waals surface area contributed by atoms with Gasteiger partial charge in [-0.2, -0.15) is 0 Å². The van der Waals surface area contributed by atoms with Gasteiger partial charge in [-0.15, -0.1) is 0 Å². The first kappa shape index (κ1) is 19.6. The molecule has 0 amide bonds. The highest BCUT2D eigenvalue weighted by molar-refractivity contribution is 9.10. The minimum absolute atomic E-state index is 0.314. The molecule has 25 heavy (non-hydrogen) atoms. The average Bonchev–Trinajstić information content (AvgIpc) is 2.58. The van der Waals surface area contributed by atoms with Crippen molar-refractivity contribution in [3.63, 3.8) is 0 Å². The topological polar surface area (TPSA) is 67.8 Å². The van der Waals surface area contributed by atoms with Gasteiger partial charge < -0.3 is 19.9 Å². The molecular formula is C18H19BrClNO4. The van der Waals surface area contributed by atoms with Gasteiger partial charge in [-0.3, -0.25) is 4.79 Å². The monoisotopic (exact) mass is 427 g/mol. The lowest BCUT2D eigenvalue weighted by Gasteiger charge is -2.18. The van der Waals surface area contributed by atoms with Crippen LogP contribution in [0.3, 0.4) is 0 Å². The van der Waals surface area contributed by atoms with E-state index in [1.54, 1.807) is 26.2 Å². The Morgan fingerprint density at radius 2 is 2.12 bits per heavy atom. The van der Waals surface area contributed by atoms with E-state index in [0.717, 1.165) is 15.6 Å². The number of hydrogen-bond acceptors (Lipinski definition) is 4. The second-order valence-electron chi connectivity index (χ2n) is 5.42. The van der Waals surface area contributed by atoms with Gasteiger partial charge >= 0.3 is 5.97 Å². The lowest BCUT2D eigenvalue weighted by Crippen LogP contribution is -2.33. The maximum atomic E-state index is 11.0. The Balaban J connectivity index is 2.24. The van der Waals surface area contributed by atoms with Crippen molar-refractivity contribution in [3.8, 4) is 11.5 Å². The number of aliphatic carboxylic acids is 1. The maximum Gasteiger partial charge on any atom is 0.320 e. The number of ether oxygens (including phenoxy) is 2. The minimum Gasteiger partial charge on any atom is -0.493 e. The Kier molecular flexibility index (Phi) is 7.11. The van der Waals surface area contributed by atoms with Crippen molar-refractivity contribution < 1.29 is 19.4 Å². The molecule has 2 aromatic rings. The lowest BCUT2D eigenvalue weighted by atomic mass is 10.1. The van der Waals surface area contributed by atoms with E-state index < -0.39 is 12.0 Å². The van der Waals surface area contributed by atoms with E-state index in [1.165, 1.54) is 0 Å². The fourth-order valence-corrected chi connectivity index (χ4v) is 2.86. The molecular weight excluding hydrogens is 410 g/mol. The van der Waals surface area contributed by atoms with E-state index in [4.69, 9.17) is 26.2 Å². The highest BCUT2D eigenvalue weighted by atomic mass is 79.9. The Hall–Kier alpha value is -1.76. The van der Waals surface area contributed by atoms with Crippen molar-refractivity contribution in [3.05, 3.63) is 57.0 Å². The summed E-state index contributed by atoms with van der Waals surface area (Å²) in [7, 11) is 1.56. The van der Waals surface area contributed by atoms with Crippen LogP contribution in [0.25, 0.3) is 0 Å². The van der Waals surface area contributed by atoms with E-state index in [1.807, 2.05) is 24.3 Å². The Morgan fingerprint density at radius 1 is 1.36 bits per heavy atom. The number of methoxy groups -OCH3 is 1. The van der Waals surface area contributed by atoms with Crippen LogP contribution in [0.15, 0.2) is 40.9 Å². The van der Waals surface area contributed by atoms with E-state index in [9.17, 15) is 4.79 Å². The first-order chi connectivity index (χ1) is 11.9. The molecule has 0 saturated carbocycles. The van der Waals surface area contributed by atoms with Crippen molar-refractivity contribution in [1.29, 1.82) is 0 Å². The molecule has 1 atom stereocenters. The van der Waals surface area contributed by atoms with Crippen molar-refractivity contribution in [2.24, 2.45) is 0 Å². The third kappa shape index (κ3) is 5.36. The molecule has 0 aliphatic heterocycles. The molecule has 0 aliphatic rings. The van der Waals surface area contributed by atoms with Gasteiger partial charge in [-0.1, -0.05) is 39.7 Å². The number of carboxylic acids is 1. The fourth-order valence-electron chi connectivity index (χ4n) is 2.19. The first-order valence-electron chi connectivity index (χ1n) is 7.61. The molecule has 0 radical (unpaired) electrons. The Morgan fingerprint density at radius 3 is 2.76 bits per heavy atom. The summed E-state index contributed by atoms with van der Waals surface area (Å²) >= 11 is 9.49. The molecule has 0 heterocycles. The minimum atomic E-state index is -0.916. The van der Waals surface area contributed by atoms with E-state index in [0.29, 0.717) is 29.7 Å². The summed E-state index contributed by atoms with van der Waals surface area (Å²) < 4.78 is 12.2. The van der Waals surface area contributed by atoms with Crippen LogP contribution in [-0.4, -0.2) is 24.2 Å². The molecule has 2 aromatic carbocycles. The number of halogens is 2. The molecule has 0 aliphatic carbocycles. The van der Waals surface area contributed by atoms with Gasteiger partial charge in [0, 0.05) is 21.6 Å².